The molecule has 0 radical (unpaired) electrons. The van der Waals surface area contributed by atoms with Gasteiger partial charge in [-0.25, -0.2) is 4.99 Å². The van der Waals surface area contributed by atoms with Crippen LogP contribution < -0.4 is 0 Å². The Bertz CT molecular complexity index is 421. The number of rotatable bonds is 1. The largest absolute Gasteiger partial charge is 0.455 e. The first-order chi connectivity index (χ1) is 8.40. The molecule has 98 valence electrons. The summed E-state index contributed by atoms with van der Waals surface area (Å²) in [7, 11) is 1.81. The van der Waals surface area contributed by atoms with Crippen LogP contribution in [0.15, 0.2) is 35.3 Å². The molecule has 2 saturated heterocycles. The molecule has 1 aromatic rings. The summed E-state index contributed by atoms with van der Waals surface area (Å²) in [5.74, 6) is 0. The molecule has 2 fully saturated rings. The minimum atomic E-state index is 0. The summed E-state index contributed by atoms with van der Waals surface area (Å²) < 4.78 is 6.02. The maximum atomic E-state index is 6.02. The second-order valence-corrected chi connectivity index (χ2v) is 4.71. The Labute approximate surface area is 114 Å². The fourth-order valence-electron chi connectivity index (χ4n) is 2.88. The van der Waals surface area contributed by atoms with Crippen LogP contribution in [0, 0.1) is 0 Å². The molecule has 2 atom stereocenters. The van der Waals surface area contributed by atoms with E-state index < -0.39 is 0 Å². The van der Waals surface area contributed by atoms with Crippen LogP contribution in [-0.4, -0.2) is 30.6 Å². The van der Waals surface area contributed by atoms with Gasteiger partial charge >= 0.3 is 0 Å². The third kappa shape index (κ3) is 2.19. The molecule has 1 aromatic carbocycles. The third-order valence-corrected chi connectivity index (χ3v) is 3.70. The van der Waals surface area contributed by atoms with Gasteiger partial charge in [0.2, 0.25) is 0 Å². The highest BCUT2D eigenvalue weighted by Gasteiger charge is 2.41. The van der Waals surface area contributed by atoms with Crippen LogP contribution in [0.25, 0.3) is 0 Å². The monoisotopic (exact) mass is 266 g/mol. The Kier molecular flexibility index (Phi) is 4.12. The molecule has 2 aliphatic rings. The number of benzene rings is 1. The number of piperidine rings is 1. The van der Waals surface area contributed by atoms with Crippen molar-refractivity contribution in [1.29, 1.82) is 0 Å². The lowest BCUT2D eigenvalue weighted by molar-refractivity contribution is 0.168. The Morgan fingerprint density at radius 2 is 2.00 bits per heavy atom. The van der Waals surface area contributed by atoms with Gasteiger partial charge in [-0.3, -0.25) is 0 Å². The van der Waals surface area contributed by atoms with E-state index in [4.69, 9.17) is 4.74 Å². The lowest BCUT2D eigenvalue weighted by Crippen LogP contribution is -2.38. The average molecular weight is 267 g/mol. The summed E-state index contributed by atoms with van der Waals surface area (Å²) in [5.41, 5.74) is 1.27. The van der Waals surface area contributed by atoms with Gasteiger partial charge in [-0.1, -0.05) is 30.3 Å². The molecule has 3 rings (SSSR count). The van der Waals surface area contributed by atoms with E-state index in [2.05, 4.69) is 34.2 Å². The molecule has 3 nitrogen and oxygen atoms in total. The van der Waals surface area contributed by atoms with Crippen LogP contribution in [0.2, 0.25) is 0 Å². The molecule has 2 heterocycles. The molecule has 0 spiro atoms. The van der Waals surface area contributed by atoms with Crippen LogP contribution >= 0.6 is 12.4 Å². The number of hydrogen-bond acceptors (Lipinski definition) is 2. The van der Waals surface area contributed by atoms with Gasteiger partial charge in [-0.15, -0.1) is 12.4 Å². The van der Waals surface area contributed by atoms with Gasteiger partial charge in [-0.05, 0) is 24.8 Å². The lowest BCUT2D eigenvalue weighted by atomic mass is 9.94. The minimum absolute atomic E-state index is 0. The van der Waals surface area contributed by atoms with Gasteiger partial charge in [0, 0.05) is 13.6 Å². The van der Waals surface area contributed by atoms with E-state index in [1.807, 2.05) is 13.1 Å². The van der Waals surface area contributed by atoms with Crippen molar-refractivity contribution < 1.29 is 4.74 Å². The number of fused-ring (bicyclic) bond motifs is 1. The second kappa shape index (κ2) is 5.61. The van der Waals surface area contributed by atoms with Gasteiger partial charge in [0.25, 0.3) is 6.02 Å². The van der Waals surface area contributed by atoms with E-state index in [1.54, 1.807) is 0 Å². The van der Waals surface area contributed by atoms with Crippen molar-refractivity contribution in [3.8, 4) is 0 Å². The van der Waals surface area contributed by atoms with E-state index >= 15 is 0 Å². The van der Waals surface area contributed by atoms with E-state index in [-0.39, 0.29) is 18.5 Å². The number of amidine groups is 1. The zero-order chi connectivity index (χ0) is 11.7. The normalized spacial score (nSPS) is 28.5. The van der Waals surface area contributed by atoms with Crippen molar-refractivity contribution in [3.05, 3.63) is 35.9 Å². The highest BCUT2D eigenvalue weighted by atomic mass is 35.5. The van der Waals surface area contributed by atoms with Gasteiger partial charge in [0.05, 0.1) is 6.04 Å². The first-order valence-corrected chi connectivity index (χ1v) is 6.35. The van der Waals surface area contributed by atoms with Crippen molar-refractivity contribution in [3.63, 3.8) is 0 Å². The van der Waals surface area contributed by atoms with Crippen LogP contribution in [0.5, 0.6) is 0 Å². The van der Waals surface area contributed by atoms with Crippen molar-refractivity contribution in [2.75, 3.05) is 13.6 Å². The fourth-order valence-corrected chi connectivity index (χ4v) is 2.88. The molecule has 0 aliphatic carbocycles. The Balaban J connectivity index is 0.00000120. The lowest BCUT2D eigenvalue weighted by Gasteiger charge is -2.30. The van der Waals surface area contributed by atoms with Crippen LogP contribution in [0.4, 0.5) is 0 Å². The zero-order valence-electron chi connectivity index (χ0n) is 10.6. The van der Waals surface area contributed by atoms with Crippen molar-refractivity contribution in [2.45, 2.75) is 31.4 Å². The van der Waals surface area contributed by atoms with Crippen molar-refractivity contribution >= 4 is 18.4 Å². The topological polar surface area (TPSA) is 24.8 Å². The quantitative estimate of drug-likeness (QED) is 0.781. The van der Waals surface area contributed by atoms with E-state index in [0.717, 1.165) is 12.6 Å². The molecule has 0 aromatic heterocycles. The smallest absolute Gasteiger partial charge is 0.288 e. The molecule has 0 N–H and O–H groups in total. The molecule has 0 amide bonds. The standard InChI is InChI=1S/C14H18N2O.ClH/c1-15-14-16-10-6-5-9-12(16)13(17-14)11-7-3-2-4-8-11;/h2-4,7-8,12-13H,5-6,9-10H2,1H3;1H/t12-,13+;/m1./s1. The third-order valence-electron chi connectivity index (χ3n) is 3.70. The van der Waals surface area contributed by atoms with Crippen molar-refractivity contribution in [2.24, 2.45) is 4.99 Å². The number of nitrogens with zero attached hydrogens (tertiary/aromatic N) is 2. The summed E-state index contributed by atoms with van der Waals surface area (Å²) in [6.45, 7) is 1.08. The SMILES string of the molecule is CN=C1O[C@@H](c2ccccc2)[C@H]2CCCCN12.Cl. The summed E-state index contributed by atoms with van der Waals surface area (Å²) >= 11 is 0. The molecule has 0 unspecified atom stereocenters. The molecule has 0 bridgehead atoms. The van der Waals surface area contributed by atoms with E-state index in [1.165, 1.54) is 24.8 Å². The van der Waals surface area contributed by atoms with E-state index in [0.29, 0.717) is 6.04 Å². The summed E-state index contributed by atoms with van der Waals surface area (Å²) in [4.78, 5) is 6.60. The van der Waals surface area contributed by atoms with Gasteiger partial charge in [-0.2, -0.15) is 0 Å². The fraction of sp³-hybridized carbons (Fsp3) is 0.500. The maximum absolute atomic E-state index is 6.02. The number of halogens is 1. The first kappa shape index (κ1) is 13.2. The molecular weight excluding hydrogens is 248 g/mol. The van der Waals surface area contributed by atoms with Crippen LogP contribution in [-0.2, 0) is 4.74 Å². The summed E-state index contributed by atoms with van der Waals surface area (Å²) in [6.07, 6.45) is 3.92. The van der Waals surface area contributed by atoms with Crippen LogP contribution in [0.3, 0.4) is 0 Å². The Morgan fingerprint density at radius 1 is 1.22 bits per heavy atom. The van der Waals surface area contributed by atoms with E-state index in [9.17, 15) is 0 Å². The van der Waals surface area contributed by atoms with Crippen LogP contribution in [0.1, 0.15) is 30.9 Å². The highest BCUT2D eigenvalue weighted by Crippen LogP contribution is 2.37. The van der Waals surface area contributed by atoms with Gasteiger partial charge < -0.3 is 9.64 Å². The zero-order valence-corrected chi connectivity index (χ0v) is 11.4. The Hall–Kier alpha value is -1.22. The summed E-state index contributed by atoms with van der Waals surface area (Å²) in [5, 5.41) is 0. The second-order valence-electron chi connectivity index (χ2n) is 4.71. The first-order valence-electron chi connectivity index (χ1n) is 6.35. The Morgan fingerprint density at radius 3 is 2.72 bits per heavy atom. The molecule has 18 heavy (non-hydrogen) atoms. The number of hydrogen-bond donors (Lipinski definition) is 0. The summed E-state index contributed by atoms with van der Waals surface area (Å²) in [6, 6.07) is 11.8. The minimum Gasteiger partial charge on any atom is -0.455 e. The molecule has 4 heteroatoms. The number of ether oxygens (including phenoxy) is 1. The predicted octanol–water partition coefficient (Wildman–Crippen LogP) is 3.02. The molecule has 2 aliphatic heterocycles. The van der Waals surface area contributed by atoms with Gasteiger partial charge in [0.15, 0.2) is 0 Å². The molecular formula is C14H19ClN2O. The maximum Gasteiger partial charge on any atom is 0.288 e. The van der Waals surface area contributed by atoms with Gasteiger partial charge in [0.1, 0.15) is 6.10 Å². The predicted molar refractivity (Wildman–Crippen MR) is 75.2 cm³/mol. The highest BCUT2D eigenvalue weighted by molar-refractivity contribution is 5.85. The average Bonchev–Trinajstić information content (AvgIpc) is 2.78. The van der Waals surface area contributed by atoms with Crippen molar-refractivity contribution in [1.82, 2.24) is 4.90 Å². The molecule has 0 saturated carbocycles. The number of aliphatic imine (C=N–C) groups is 1.